The largest absolute Gasteiger partial charge is 0.478 e. The van der Waals surface area contributed by atoms with Crippen molar-refractivity contribution in [2.75, 3.05) is 11.1 Å². The Hall–Kier alpha value is -4.44. The zero-order valence-corrected chi connectivity index (χ0v) is 24.2. The van der Waals surface area contributed by atoms with E-state index in [1.807, 2.05) is 30.6 Å². The van der Waals surface area contributed by atoms with Gasteiger partial charge in [0, 0.05) is 40.7 Å². The Morgan fingerprint density at radius 2 is 1.83 bits per heavy atom. The van der Waals surface area contributed by atoms with Gasteiger partial charge in [-0.25, -0.2) is 9.78 Å². The fourth-order valence-corrected chi connectivity index (χ4v) is 6.81. The molecule has 10 heteroatoms. The summed E-state index contributed by atoms with van der Waals surface area (Å²) in [6.07, 6.45) is 9.17. The van der Waals surface area contributed by atoms with E-state index >= 15 is 0 Å². The molecule has 2 aromatic heterocycles. The number of aliphatic carboxylic acids is 1. The smallest absolute Gasteiger partial charge is 0.328 e. The van der Waals surface area contributed by atoms with Crippen molar-refractivity contribution in [3.63, 3.8) is 0 Å². The van der Waals surface area contributed by atoms with E-state index in [4.69, 9.17) is 10.8 Å². The number of nitrogens with one attached hydrogen (secondary N) is 2. The molecule has 4 aromatic rings. The number of carboxylic acid groups (broad SMARTS) is 1. The molecule has 0 bridgehead atoms. The molecule has 2 aromatic carbocycles. The number of nitrogens with two attached hydrogens (primary N) is 1. The van der Waals surface area contributed by atoms with Gasteiger partial charge < -0.3 is 26.0 Å². The Morgan fingerprint density at radius 1 is 1.10 bits per heavy atom. The third kappa shape index (κ3) is 5.18. The number of anilines is 2. The highest BCUT2D eigenvalue weighted by atomic mass is 32.1. The summed E-state index contributed by atoms with van der Waals surface area (Å²) in [5, 5.41) is 18.4. The number of carbonyl (C=O) groups excluding carboxylic acids is 2. The van der Waals surface area contributed by atoms with E-state index in [1.165, 1.54) is 35.8 Å². The van der Waals surface area contributed by atoms with Crippen LogP contribution < -0.4 is 16.4 Å². The average molecular weight is 584 g/mol. The van der Waals surface area contributed by atoms with Crippen molar-refractivity contribution >= 4 is 56.9 Å². The summed E-state index contributed by atoms with van der Waals surface area (Å²) in [6, 6.07) is 12.7. The van der Waals surface area contributed by atoms with Gasteiger partial charge in [-0.3, -0.25) is 9.59 Å². The lowest BCUT2D eigenvalue weighted by atomic mass is 9.75. The molecule has 2 heterocycles. The summed E-state index contributed by atoms with van der Waals surface area (Å²) >= 11 is 1.43. The van der Waals surface area contributed by atoms with Crippen LogP contribution in [0.25, 0.3) is 28.4 Å². The van der Waals surface area contributed by atoms with Crippen molar-refractivity contribution in [3.05, 3.63) is 70.6 Å². The number of hydrogen-bond acceptors (Lipinski definition) is 6. The number of benzene rings is 2. The molecule has 9 nitrogen and oxygen atoms in total. The molecule has 42 heavy (non-hydrogen) atoms. The molecule has 0 unspecified atom stereocenters. The van der Waals surface area contributed by atoms with Gasteiger partial charge in [0.1, 0.15) is 11.2 Å². The number of carboxylic acids is 1. The van der Waals surface area contributed by atoms with Crippen LogP contribution in [0.2, 0.25) is 0 Å². The Morgan fingerprint density at radius 3 is 2.45 bits per heavy atom. The van der Waals surface area contributed by atoms with Crippen LogP contribution in [0.4, 0.5) is 10.8 Å². The van der Waals surface area contributed by atoms with Gasteiger partial charge in [-0.15, -0.1) is 11.3 Å². The lowest BCUT2D eigenvalue weighted by Gasteiger charge is -2.40. The predicted molar refractivity (Wildman–Crippen MR) is 165 cm³/mol. The van der Waals surface area contributed by atoms with E-state index in [-0.39, 0.29) is 11.8 Å². The number of aromatic nitrogens is 2. The summed E-state index contributed by atoms with van der Waals surface area (Å²) in [4.78, 5) is 42.3. The summed E-state index contributed by atoms with van der Waals surface area (Å²) < 4.78 is 2.12. The first-order valence-corrected chi connectivity index (χ1v) is 15.1. The molecule has 2 amide bonds. The molecule has 0 saturated heterocycles. The van der Waals surface area contributed by atoms with Crippen LogP contribution in [0, 0.1) is 0 Å². The number of thiazole rings is 1. The number of fused-ring (bicyclic) bond motifs is 1. The van der Waals surface area contributed by atoms with Crippen molar-refractivity contribution in [1.29, 1.82) is 0 Å². The molecule has 0 spiro atoms. The van der Waals surface area contributed by atoms with Gasteiger partial charge in [0.25, 0.3) is 5.91 Å². The van der Waals surface area contributed by atoms with Gasteiger partial charge in [0.05, 0.1) is 5.69 Å². The first kappa shape index (κ1) is 27.7. The van der Waals surface area contributed by atoms with Gasteiger partial charge in [-0.05, 0) is 79.5 Å². The molecular formula is C32H33N5O4S. The molecule has 2 fully saturated rings. The lowest BCUT2D eigenvalue weighted by Crippen LogP contribution is -2.61. The van der Waals surface area contributed by atoms with Crippen LogP contribution >= 0.6 is 11.3 Å². The van der Waals surface area contributed by atoms with Gasteiger partial charge in [0.15, 0.2) is 5.13 Å². The van der Waals surface area contributed by atoms with E-state index in [1.54, 1.807) is 24.3 Å². The number of aryl methyl sites for hydroxylation is 1. The molecule has 5 N–H and O–H groups in total. The second-order valence-electron chi connectivity index (χ2n) is 11.2. The van der Waals surface area contributed by atoms with Gasteiger partial charge >= 0.3 is 5.97 Å². The molecular weight excluding hydrogens is 550 g/mol. The summed E-state index contributed by atoms with van der Waals surface area (Å²) in [6.45, 7) is 0. The van der Waals surface area contributed by atoms with E-state index in [2.05, 4.69) is 20.2 Å². The highest BCUT2D eigenvalue weighted by molar-refractivity contribution is 7.13. The van der Waals surface area contributed by atoms with Gasteiger partial charge in [0.2, 0.25) is 5.91 Å². The van der Waals surface area contributed by atoms with Gasteiger partial charge in [-0.2, -0.15) is 0 Å². The van der Waals surface area contributed by atoms with Crippen LogP contribution in [0.1, 0.15) is 72.3 Å². The van der Waals surface area contributed by atoms with Gasteiger partial charge in [-0.1, -0.05) is 31.0 Å². The van der Waals surface area contributed by atoms with Crippen molar-refractivity contribution < 1.29 is 19.5 Å². The van der Waals surface area contributed by atoms with Crippen molar-refractivity contribution in [2.24, 2.45) is 7.05 Å². The quantitative estimate of drug-likeness (QED) is 0.190. The monoisotopic (exact) mass is 583 g/mol. The Kier molecular flexibility index (Phi) is 7.32. The summed E-state index contributed by atoms with van der Waals surface area (Å²) in [5.74, 6) is -1.14. The van der Waals surface area contributed by atoms with Crippen LogP contribution in [-0.4, -0.2) is 38.0 Å². The van der Waals surface area contributed by atoms with Crippen LogP contribution in [0.5, 0.6) is 0 Å². The SMILES string of the molecule is Cn1c(-c2csc(N)n2)c(C2CCCC2)c2ccc(C(=O)NC3(C(=O)Nc4ccc(/C=C/C(=O)O)cc4)CCC3)cc21. The minimum atomic E-state index is -1.03. The van der Waals surface area contributed by atoms with E-state index in [0.29, 0.717) is 40.7 Å². The van der Waals surface area contributed by atoms with Crippen LogP contribution in [0.3, 0.4) is 0 Å². The molecule has 2 saturated carbocycles. The topological polar surface area (TPSA) is 139 Å². The van der Waals surface area contributed by atoms with Crippen LogP contribution in [-0.2, 0) is 16.6 Å². The minimum Gasteiger partial charge on any atom is -0.478 e. The Balaban J connectivity index is 1.25. The maximum Gasteiger partial charge on any atom is 0.328 e. The van der Waals surface area contributed by atoms with E-state index in [9.17, 15) is 14.4 Å². The van der Waals surface area contributed by atoms with E-state index < -0.39 is 11.5 Å². The molecule has 0 aliphatic heterocycles. The highest BCUT2D eigenvalue weighted by Gasteiger charge is 2.45. The maximum atomic E-state index is 13.6. The molecule has 0 atom stereocenters. The maximum absolute atomic E-state index is 13.6. The summed E-state index contributed by atoms with van der Waals surface area (Å²) in [7, 11) is 2.01. The number of hydrogen-bond donors (Lipinski definition) is 4. The molecule has 6 rings (SSSR count). The third-order valence-electron chi connectivity index (χ3n) is 8.61. The lowest BCUT2D eigenvalue weighted by molar-refractivity contribution is -0.131. The zero-order valence-electron chi connectivity index (χ0n) is 23.4. The predicted octanol–water partition coefficient (Wildman–Crippen LogP) is 5.93. The first-order valence-electron chi connectivity index (χ1n) is 14.2. The number of rotatable bonds is 8. The first-order chi connectivity index (χ1) is 20.2. The number of nitrogens with zero attached hydrogens (tertiary/aromatic N) is 2. The second kappa shape index (κ2) is 11.1. The minimum absolute atomic E-state index is 0.261. The third-order valence-corrected chi connectivity index (χ3v) is 9.29. The normalized spacial score (nSPS) is 16.5. The fourth-order valence-electron chi connectivity index (χ4n) is 6.27. The summed E-state index contributed by atoms with van der Waals surface area (Å²) in [5.41, 5.74) is 10.9. The Bertz CT molecular complexity index is 1710. The standard InChI is InChI=1S/C32H33N5O4S/c1-37-25-17-21(10-13-23(25)27(20-5-2-3-6-20)28(37)24-18-42-31(33)35-24)29(40)36-32(15-4-16-32)30(41)34-22-11-7-19(8-12-22)9-14-26(38)39/h7-14,17-18,20H,2-6,15-16H2,1H3,(H2,33,35)(H,34,41)(H,36,40)(H,38,39)/b14-9+. The fraction of sp³-hybridized carbons (Fsp3) is 0.312. The molecule has 0 radical (unpaired) electrons. The van der Waals surface area contributed by atoms with Crippen molar-refractivity contribution in [1.82, 2.24) is 14.9 Å². The molecule has 216 valence electrons. The zero-order chi connectivity index (χ0) is 29.4. The molecule has 2 aliphatic rings. The second-order valence-corrected chi connectivity index (χ2v) is 12.1. The van der Waals surface area contributed by atoms with E-state index in [0.717, 1.165) is 47.6 Å². The van der Waals surface area contributed by atoms with Crippen molar-refractivity contribution in [2.45, 2.75) is 56.4 Å². The Labute approximate surface area is 247 Å². The number of carbonyl (C=O) groups is 3. The van der Waals surface area contributed by atoms with Crippen LogP contribution in [0.15, 0.2) is 53.9 Å². The highest BCUT2D eigenvalue weighted by Crippen LogP contribution is 2.45. The van der Waals surface area contributed by atoms with Crippen molar-refractivity contribution in [3.8, 4) is 11.4 Å². The molecule has 2 aliphatic carbocycles. The number of amides is 2. The average Bonchev–Trinajstić information content (AvgIpc) is 3.69. The number of nitrogen functional groups attached to an aromatic ring is 1.